The van der Waals surface area contributed by atoms with Crippen LogP contribution in [0.25, 0.3) is 22.0 Å². The van der Waals surface area contributed by atoms with Crippen LogP contribution in [0.4, 0.5) is 0 Å². The summed E-state index contributed by atoms with van der Waals surface area (Å²) in [7, 11) is -2.15. The molecule has 2 aromatic carbocycles. The summed E-state index contributed by atoms with van der Waals surface area (Å²) < 4.78 is 29.0. The van der Waals surface area contributed by atoms with Crippen LogP contribution < -0.4 is 10.3 Å². The Labute approximate surface area is 157 Å². The topological polar surface area (TPSA) is 101 Å². The molecule has 3 aromatic rings. The standard InChI is InChI=1S/C19H21N3O4S/c1-13-8-9-14(12-17(13)27(25,26)20-10-5-11-23)18-15-6-3-4-7-16(15)19(24)22(2)21-18/h3-4,6-9,12,20,23H,5,10-11H2,1-2H3. The molecule has 0 aliphatic carbocycles. The molecule has 0 aliphatic heterocycles. The Bertz CT molecular complexity index is 1150. The van der Waals surface area contributed by atoms with Crippen molar-refractivity contribution in [3.05, 3.63) is 58.4 Å². The van der Waals surface area contributed by atoms with Crippen molar-refractivity contribution >= 4 is 20.8 Å². The second-order valence-electron chi connectivity index (χ2n) is 6.28. The SMILES string of the molecule is Cc1ccc(-c2nn(C)c(=O)c3ccccc23)cc1S(=O)(=O)NCCCO. The highest BCUT2D eigenvalue weighted by molar-refractivity contribution is 7.89. The van der Waals surface area contributed by atoms with Crippen molar-refractivity contribution in [2.75, 3.05) is 13.2 Å². The van der Waals surface area contributed by atoms with E-state index in [4.69, 9.17) is 5.11 Å². The third-order valence-corrected chi connectivity index (χ3v) is 5.94. The fourth-order valence-electron chi connectivity index (χ4n) is 2.91. The number of rotatable bonds is 6. The van der Waals surface area contributed by atoms with E-state index in [0.29, 0.717) is 34.0 Å². The average Bonchev–Trinajstić information content (AvgIpc) is 2.65. The van der Waals surface area contributed by atoms with Gasteiger partial charge in [0.25, 0.3) is 5.56 Å². The molecule has 0 unspecified atom stereocenters. The second kappa shape index (κ2) is 7.59. The van der Waals surface area contributed by atoms with Crippen molar-refractivity contribution in [2.24, 2.45) is 7.05 Å². The molecule has 0 fully saturated rings. The number of aliphatic hydroxyl groups is 1. The van der Waals surface area contributed by atoms with Gasteiger partial charge in [0.1, 0.15) is 0 Å². The van der Waals surface area contributed by atoms with Crippen molar-refractivity contribution in [3.8, 4) is 11.3 Å². The van der Waals surface area contributed by atoms with Gasteiger partial charge in [0.05, 0.1) is 16.0 Å². The molecule has 0 aliphatic rings. The highest BCUT2D eigenvalue weighted by atomic mass is 32.2. The van der Waals surface area contributed by atoms with Crippen molar-refractivity contribution in [1.29, 1.82) is 0 Å². The maximum Gasteiger partial charge on any atom is 0.274 e. The molecule has 3 rings (SSSR count). The number of sulfonamides is 1. The van der Waals surface area contributed by atoms with E-state index in [1.54, 1.807) is 50.4 Å². The zero-order valence-corrected chi connectivity index (χ0v) is 16.0. The molecule has 0 amide bonds. The summed E-state index contributed by atoms with van der Waals surface area (Å²) in [6, 6.07) is 12.2. The van der Waals surface area contributed by atoms with Gasteiger partial charge in [-0.05, 0) is 31.0 Å². The summed E-state index contributed by atoms with van der Waals surface area (Å²) >= 11 is 0. The molecular formula is C19H21N3O4S. The van der Waals surface area contributed by atoms with Gasteiger partial charge in [-0.25, -0.2) is 17.8 Å². The van der Waals surface area contributed by atoms with E-state index in [1.165, 1.54) is 4.68 Å². The van der Waals surface area contributed by atoms with Crippen LogP contribution in [0.2, 0.25) is 0 Å². The normalized spacial score (nSPS) is 11.8. The van der Waals surface area contributed by atoms with Crippen molar-refractivity contribution < 1.29 is 13.5 Å². The number of hydrogen-bond donors (Lipinski definition) is 2. The van der Waals surface area contributed by atoms with E-state index in [9.17, 15) is 13.2 Å². The lowest BCUT2D eigenvalue weighted by atomic mass is 10.0. The predicted molar refractivity (Wildman–Crippen MR) is 104 cm³/mol. The Morgan fingerprint density at radius 1 is 1.15 bits per heavy atom. The van der Waals surface area contributed by atoms with Crippen LogP contribution in [0.1, 0.15) is 12.0 Å². The van der Waals surface area contributed by atoms with Crippen molar-refractivity contribution in [3.63, 3.8) is 0 Å². The summed E-state index contributed by atoms with van der Waals surface area (Å²) in [5, 5.41) is 14.4. The van der Waals surface area contributed by atoms with Gasteiger partial charge in [0, 0.05) is 31.1 Å². The molecule has 0 saturated heterocycles. The molecule has 1 heterocycles. The fraction of sp³-hybridized carbons (Fsp3) is 0.263. The lowest BCUT2D eigenvalue weighted by Crippen LogP contribution is -2.26. The van der Waals surface area contributed by atoms with E-state index in [1.807, 2.05) is 6.07 Å². The minimum Gasteiger partial charge on any atom is -0.396 e. The molecular weight excluding hydrogens is 366 g/mol. The predicted octanol–water partition coefficient (Wildman–Crippen LogP) is 1.57. The molecule has 142 valence electrons. The molecule has 0 radical (unpaired) electrons. The van der Waals surface area contributed by atoms with Gasteiger partial charge in [0.2, 0.25) is 10.0 Å². The van der Waals surface area contributed by atoms with Crippen LogP contribution in [0.5, 0.6) is 0 Å². The summed E-state index contributed by atoms with van der Waals surface area (Å²) in [4.78, 5) is 12.5. The molecule has 27 heavy (non-hydrogen) atoms. The summed E-state index contributed by atoms with van der Waals surface area (Å²) in [5.41, 5.74) is 1.54. The molecule has 0 atom stereocenters. The van der Waals surface area contributed by atoms with Gasteiger partial charge in [-0.1, -0.05) is 30.3 Å². The fourth-order valence-corrected chi connectivity index (χ4v) is 4.26. The Morgan fingerprint density at radius 3 is 2.56 bits per heavy atom. The Morgan fingerprint density at radius 2 is 1.85 bits per heavy atom. The first-order valence-electron chi connectivity index (χ1n) is 8.53. The maximum atomic E-state index is 12.6. The maximum absolute atomic E-state index is 12.6. The summed E-state index contributed by atoms with van der Waals surface area (Å²) in [6.45, 7) is 1.79. The quantitative estimate of drug-likeness (QED) is 0.625. The highest BCUT2D eigenvalue weighted by Crippen LogP contribution is 2.28. The second-order valence-corrected chi connectivity index (χ2v) is 8.01. The minimum atomic E-state index is -3.72. The number of nitrogens with one attached hydrogen (secondary N) is 1. The van der Waals surface area contributed by atoms with Gasteiger partial charge < -0.3 is 5.11 Å². The lowest BCUT2D eigenvalue weighted by molar-refractivity contribution is 0.289. The van der Waals surface area contributed by atoms with Gasteiger partial charge in [-0.15, -0.1) is 0 Å². The third kappa shape index (κ3) is 3.78. The van der Waals surface area contributed by atoms with Crippen LogP contribution in [0.3, 0.4) is 0 Å². The largest absolute Gasteiger partial charge is 0.396 e. The lowest BCUT2D eigenvalue weighted by Gasteiger charge is -2.12. The van der Waals surface area contributed by atoms with Crippen LogP contribution in [0.15, 0.2) is 52.2 Å². The molecule has 8 heteroatoms. The first-order valence-corrected chi connectivity index (χ1v) is 10.0. The zero-order valence-electron chi connectivity index (χ0n) is 15.1. The third-order valence-electron chi connectivity index (χ3n) is 4.33. The Hall–Kier alpha value is -2.55. The minimum absolute atomic E-state index is 0.0878. The number of benzene rings is 2. The van der Waals surface area contributed by atoms with Crippen LogP contribution in [0, 0.1) is 6.92 Å². The van der Waals surface area contributed by atoms with Crippen LogP contribution in [-0.2, 0) is 17.1 Å². The van der Waals surface area contributed by atoms with E-state index < -0.39 is 10.0 Å². The van der Waals surface area contributed by atoms with Gasteiger partial charge in [0.15, 0.2) is 0 Å². The number of aryl methyl sites for hydroxylation is 2. The molecule has 0 saturated carbocycles. The van der Waals surface area contributed by atoms with Crippen LogP contribution in [-0.4, -0.2) is 36.5 Å². The van der Waals surface area contributed by atoms with Gasteiger partial charge >= 0.3 is 0 Å². The number of hydrogen-bond acceptors (Lipinski definition) is 5. The first-order chi connectivity index (χ1) is 12.8. The Balaban J connectivity index is 2.17. The monoisotopic (exact) mass is 387 g/mol. The number of aliphatic hydroxyl groups excluding tert-OH is 1. The molecule has 1 aromatic heterocycles. The van der Waals surface area contributed by atoms with Crippen molar-refractivity contribution in [2.45, 2.75) is 18.2 Å². The first kappa shape index (κ1) is 19.2. The summed E-state index contributed by atoms with van der Waals surface area (Å²) in [6.07, 6.45) is 0.338. The molecule has 2 N–H and O–H groups in total. The van der Waals surface area contributed by atoms with E-state index >= 15 is 0 Å². The highest BCUT2D eigenvalue weighted by Gasteiger charge is 2.19. The zero-order chi connectivity index (χ0) is 19.6. The number of fused-ring (bicyclic) bond motifs is 1. The van der Waals surface area contributed by atoms with Gasteiger partial charge in [-0.3, -0.25) is 4.79 Å². The van der Waals surface area contributed by atoms with Gasteiger partial charge in [-0.2, -0.15) is 5.10 Å². The molecule has 7 nitrogen and oxygen atoms in total. The number of aromatic nitrogens is 2. The van der Waals surface area contributed by atoms with E-state index in [2.05, 4.69) is 9.82 Å². The van der Waals surface area contributed by atoms with Crippen molar-refractivity contribution in [1.82, 2.24) is 14.5 Å². The van der Waals surface area contributed by atoms with Crippen LogP contribution >= 0.6 is 0 Å². The molecule has 0 spiro atoms. The summed E-state index contributed by atoms with van der Waals surface area (Å²) in [5.74, 6) is 0. The van der Waals surface area contributed by atoms with E-state index in [0.717, 1.165) is 0 Å². The number of nitrogens with zero attached hydrogens (tertiary/aromatic N) is 2. The molecule has 0 bridgehead atoms. The Kier molecular flexibility index (Phi) is 5.41. The smallest absolute Gasteiger partial charge is 0.274 e. The van der Waals surface area contributed by atoms with E-state index in [-0.39, 0.29) is 23.6 Å². The average molecular weight is 387 g/mol.